The van der Waals surface area contributed by atoms with Gasteiger partial charge in [-0.25, -0.2) is 0 Å². The van der Waals surface area contributed by atoms with Crippen LogP contribution in [0.25, 0.3) is 0 Å². The van der Waals surface area contributed by atoms with E-state index >= 15 is 0 Å². The Kier molecular flexibility index (Phi) is 4.53. The molecule has 0 aliphatic rings. The molecule has 3 N–H and O–H groups in total. The first-order valence-corrected chi connectivity index (χ1v) is 6.83. The van der Waals surface area contributed by atoms with E-state index in [2.05, 4.69) is 5.32 Å². The minimum atomic E-state index is 0.265. The van der Waals surface area contributed by atoms with E-state index in [0.29, 0.717) is 20.6 Å². The van der Waals surface area contributed by atoms with Crippen molar-refractivity contribution in [2.24, 2.45) is 5.73 Å². The quantitative estimate of drug-likeness (QED) is 0.775. The van der Waals surface area contributed by atoms with Crippen LogP contribution in [-0.2, 0) is 0 Å². The summed E-state index contributed by atoms with van der Waals surface area (Å²) in [5, 5.41) is 4.75. The van der Waals surface area contributed by atoms with E-state index in [4.69, 9.17) is 52.8 Å². The molecular formula is C13H9Cl3N2S. The third kappa shape index (κ3) is 3.51. The average Bonchev–Trinajstić information content (AvgIpc) is 2.32. The molecule has 6 heteroatoms. The van der Waals surface area contributed by atoms with Crippen LogP contribution in [0.1, 0.15) is 5.56 Å². The van der Waals surface area contributed by atoms with Crippen LogP contribution in [0.5, 0.6) is 0 Å². The second kappa shape index (κ2) is 5.97. The summed E-state index contributed by atoms with van der Waals surface area (Å²) in [5.74, 6) is 0. The van der Waals surface area contributed by atoms with E-state index in [-0.39, 0.29) is 4.99 Å². The fourth-order valence-corrected chi connectivity index (χ4v) is 2.51. The molecule has 2 aromatic rings. The Morgan fingerprint density at radius 1 is 1.00 bits per heavy atom. The standard InChI is InChI=1S/C13H9Cl3N2S/c14-7-1-4-12(11(16)5-7)18-8-2-3-9(13(17)19)10(15)6-8/h1-6,18H,(H2,17,19). The van der Waals surface area contributed by atoms with Gasteiger partial charge in [0.05, 0.1) is 15.7 Å². The summed E-state index contributed by atoms with van der Waals surface area (Å²) in [6.07, 6.45) is 0. The molecule has 0 spiro atoms. The molecule has 0 aromatic heterocycles. The number of thiocarbonyl (C=S) groups is 1. The predicted octanol–water partition coefficient (Wildman–Crippen LogP) is 5.02. The molecule has 0 heterocycles. The van der Waals surface area contributed by atoms with Crippen molar-refractivity contribution in [3.8, 4) is 0 Å². The first-order valence-electron chi connectivity index (χ1n) is 5.29. The Morgan fingerprint density at radius 3 is 2.32 bits per heavy atom. The summed E-state index contributed by atoms with van der Waals surface area (Å²) in [4.78, 5) is 0.265. The Morgan fingerprint density at radius 2 is 1.74 bits per heavy atom. The van der Waals surface area contributed by atoms with Crippen molar-refractivity contribution in [2.45, 2.75) is 0 Å². The topological polar surface area (TPSA) is 38.0 Å². The maximum absolute atomic E-state index is 6.09. The van der Waals surface area contributed by atoms with Gasteiger partial charge in [-0.1, -0.05) is 47.0 Å². The lowest BCUT2D eigenvalue weighted by molar-refractivity contribution is 1.53. The Labute approximate surface area is 131 Å². The van der Waals surface area contributed by atoms with Crippen molar-refractivity contribution in [3.05, 3.63) is 57.0 Å². The van der Waals surface area contributed by atoms with Crippen LogP contribution >= 0.6 is 47.0 Å². The highest BCUT2D eigenvalue weighted by Gasteiger charge is 2.06. The molecule has 0 radical (unpaired) electrons. The van der Waals surface area contributed by atoms with Gasteiger partial charge < -0.3 is 11.1 Å². The predicted molar refractivity (Wildman–Crippen MR) is 87.1 cm³/mol. The number of anilines is 2. The molecule has 19 heavy (non-hydrogen) atoms. The van der Waals surface area contributed by atoms with Crippen molar-refractivity contribution >= 4 is 63.4 Å². The van der Waals surface area contributed by atoms with Gasteiger partial charge in [0.15, 0.2) is 0 Å². The highest BCUT2D eigenvalue weighted by molar-refractivity contribution is 7.80. The SMILES string of the molecule is NC(=S)c1ccc(Nc2ccc(Cl)cc2Cl)cc1Cl. The minimum Gasteiger partial charge on any atom is -0.389 e. The van der Waals surface area contributed by atoms with Gasteiger partial charge in [0, 0.05) is 16.3 Å². The highest BCUT2D eigenvalue weighted by atomic mass is 35.5. The summed E-state index contributed by atoms with van der Waals surface area (Å²) < 4.78 is 0. The van der Waals surface area contributed by atoms with Crippen molar-refractivity contribution in [2.75, 3.05) is 5.32 Å². The Bertz CT molecular complexity index is 644. The van der Waals surface area contributed by atoms with E-state index in [9.17, 15) is 0 Å². The van der Waals surface area contributed by atoms with Crippen molar-refractivity contribution in [1.29, 1.82) is 0 Å². The first kappa shape index (κ1) is 14.4. The summed E-state index contributed by atoms with van der Waals surface area (Å²) in [6.45, 7) is 0. The van der Waals surface area contributed by atoms with Gasteiger partial charge in [-0.15, -0.1) is 0 Å². The number of hydrogen-bond acceptors (Lipinski definition) is 2. The molecule has 0 amide bonds. The van der Waals surface area contributed by atoms with Gasteiger partial charge in [-0.2, -0.15) is 0 Å². The molecule has 0 atom stereocenters. The zero-order chi connectivity index (χ0) is 14.0. The molecule has 98 valence electrons. The average molecular weight is 332 g/mol. The number of nitrogens with two attached hydrogens (primary N) is 1. The third-order valence-electron chi connectivity index (χ3n) is 2.44. The molecule has 0 fully saturated rings. The highest BCUT2D eigenvalue weighted by Crippen LogP contribution is 2.29. The third-order valence-corrected chi connectivity index (χ3v) is 3.53. The number of rotatable bonds is 3. The van der Waals surface area contributed by atoms with Crippen LogP contribution < -0.4 is 11.1 Å². The fraction of sp³-hybridized carbons (Fsp3) is 0. The number of halogens is 3. The lowest BCUT2D eigenvalue weighted by Gasteiger charge is -2.10. The second-order valence-electron chi connectivity index (χ2n) is 3.81. The van der Waals surface area contributed by atoms with Crippen LogP contribution in [0.15, 0.2) is 36.4 Å². The van der Waals surface area contributed by atoms with Crippen LogP contribution in [0.2, 0.25) is 15.1 Å². The lowest BCUT2D eigenvalue weighted by Crippen LogP contribution is -2.09. The molecule has 0 aliphatic carbocycles. The van der Waals surface area contributed by atoms with Gasteiger partial charge in [-0.05, 0) is 36.4 Å². The van der Waals surface area contributed by atoms with Crippen molar-refractivity contribution in [3.63, 3.8) is 0 Å². The van der Waals surface area contributed by atoms with Crippen molar-refractivity contribution < 1.29 is 0 Å². The zero-order valence-corrected chi connectivity index (χ0v) is 12.7. The van der Waals surface area contributed by atoms with Crippen LogP contribution in [-0.4, -0.2) is 4.99 Å². The first-order chi connectivity index (χ1) is 8.97. The normalized spacial score (nSPS) is 10.3. The van der Waals surface area contributed by atoms with E-state index in [1.54, 1.807) is 30.3 Å². The van der Waals surface area contributed by atoms with Gasteiger partial charge in [0.1, 0.15) is 4.99 Å². The van der Waals surface area contributed by atoms with Crippen LogP contribution in [0.3, 0.4) is 0 Å². The van der Waals surface area contributed by atoms with E-state index in [1.165, 1.54) is 0 Å². The number of benzene rings is 2. The molecule has 0 saturated heterocycles. The Balaban J connectivity index is 2.29. The Hall–Kier alpha value is -1.000. The maximum atomic E-state index is 6.09. The lowest BCUT2D eigenvalue weighted by atomic mass is 10.2. The van der Waals surface area contributed by atoms with Gasteiger partial charge >= 0.3 is 0 Å². The molecule has 0 aliphatic heterocycles. The van der Waals surface area contributed by atoms with Gasteiger partial charge in [-0.3, -0.25) is 0 Å². The zero-order valence-electron chi connectivity index (χ0n) is 9.58. The number of nitrogens with one attached hydrogen (secondary N) is 1. The molecule has 2 nitrogen and oxygen atoms in total. The monoisotopic (exact) mass is 330 g/mol. The van der Waals surface area contributed by atoms with Crippen molar-refractivity contribution in [1.82, 2.24) is 0 Å². The summed E-state index contributed by atoms with van der Waals surface area (Å²) >= 11 is 22.9. The van der Waals surface area contributed by atoms with E-state index in [1.807, 2.05) is 6.07 Å². The number of hydrogen-bond donors (Lipinski definition) is 2. The van der Waals surface area contributed by atoms with Crippen LogP contribution in [0.4, 0.5) is 11.4 Å². The maximum Gasteiger partial charge on any atom is 0.105 e. The largest absolute Gasteiger partial charge is 0.389 e. The summed E-state index contributed by atoms with van der Waals surface area (Å²) in [6, 6.07) is 10.5. The smallest absolute Gasteiger partial charge is 0.105 e. The van der Waals surface area contributed by atoms with Crippen LogP contribution in [0, 0.1) is 0 Å². The fourth-order valence-electron chi connectivity index (χ4n) is 1.54. The second-order valence-corrected chi connectivity index (χ2v) is 5.50. The minimum absolute atomic E-state index is 0.265. The molecule has 2 aromatic carbocycles. The molecule has 0 bridgehead atoms. The van der Waals surface area contributed by atoms with E-state index < -0.39 is 0 Å². The van der Waals surface area contributed by atoms with Gasteiger partial charge in [0.25, 0.3) is 0 Å². The summed E-state index contributed by atoms with van der Waals surface area (Å²) in [7, 11) is 0. The molecule has 2 rings (SSSR count). The molecular weight excluding hydrogens is 323 g/mol. The summed E-state index contributed by atoms with van der Waals surface area (Å²) in [5.41, 5.74) is 7.72. The molecule has 0 unspecified atom stereocenters. The van der Waals surface area contributed by atoms with E-state index in [0.717, 1.165) is 11.4 Å². The van der Waals surface area contributed by atoms with Gasteiger partial charge in [0.2, 0.25) is 0 Å². The molecule has 0 saturated carbocycles.